The number of fused-ring (bicyclic) bond motifs is 1. The van der Waals surface area contributed by atoms with Crippen LogP contribution in [0.15, 0.2) is 89.5 Å². The topological polar surface area (TPSA) is 132 Å². The first-order valence-electron chi connectivity index (χ1n) is 16.5. The van der Waals surface area contributed by atoms with Gasteiger partial charge < -0.3 is 48.3 Å². The first kappa shape index (κ1) is 35.5. The number of nitrogens with one attached hydrogen (secondary N) is 2. The van der Waals surface area contributed by atoms with Gasteiger partial charge in [-0.3, -0.25) is 4.79 Å². The highest BCUT2D eigenvalue weighted by Gasteiger charge is 2.25. The van der Waals surface area contributed by atoms with E-state index in [2.05, 4.69) is 22.4 Å². The number of anilines is 1. The molecule has 52 heavy (non-hydrogen) atoms. The number of ether oxygens (including phenoxy) is 7. The van der Waals surface area contributed by atoms with Crippen LogP contribution in [0.1, 0.15) is 34.1 Å². The molecule has 5 aromatic rings. The summed E-state index contributed by atoms with van der Waals surface area (Å²) in [5, 5.41) is 10.7. The number of rotatable bonds is 15. The van der Waals surface area contributed by atoms with Crippen LogP contribution in [0.3, 0.4) is 0 Å². The first-order valence-corrected chi connectivity index (χ1v) is 16.5. The Hall–Kier alpha value is -6.30. The second-order valence-electron chi connectivity index (χ2n) is 12.0. The lowest BCUT2D eigenvalue weighted by molar-refractivity contribution is 0.0935. The molecule has 0 saturated carbocycles. The zero-order valence-electron chi connectivity index (χ0n) is 30.0. The lowest BCUT2D eigenvalue weighted by Crippen LogP contribution is -2.38. The van der Waals surface area contributed by atoms with Gasteiger partial charge in [0.15, 0.2) is 40.3 Å². The minimum Gasteiger partial charge on any atom is -0.493 e. The molecule has 2 N–H and O–H groups in total. The van der Waals surface area contributed by atoms with Gasteiger partial charge in [-0.25, -0.2) is 0 Å². The number of aryl methyl sites for hydroxylation is 1. The van der Waals surface area contributed by atoms with Crippen molar-refractivity contribution >= 4 is 11.6 Å². The SMILES string of the molecule is C=C(CCOc1cc(-c2cc(-c3cc(OC)c(OC)c(OC)c3)on2)ccc1OC)COc1ccc(C2NC(=O)c3cc(C)ccc3N2)cc1OC. The molecule has 0 spiro atoms. The summed E-state index contributed by atoms with van der Waals surface area (Å²) >= 11 is 0. The summed E-state index contributed by atoms with van der Waals surface area (Å²) < 4.78 is 45.5. The Bertz CT molecular complexity index is 2070. The van der Waals surface area contributed by atoms with Gasteiger partial charge in [-0.05, 0) is 72.7 Å². The fourth-order valence-corrected chi connectivity index (χ4v) is 5.80. The number of aromatic nitrogens is 1. The Morgan fingerprint density at radius 2 is 1.44 bits per heavy atom. The molecular weight excluding hydrogens is 666 g/mol. The molecule has 0 aliphatic carbocycles. The maximum atomic E-state index is 12.8. The maximum Gasteiger partial charge on any atom is 0.255 e. The second kappa shape index (κ2) is 15.7. The molecule has 1 aromatic heterocycles. The van der Waals surface area contributed by atoms with Crippen molar-refractivity contribution in [3.05, 3.63) is 102 Å². The van der Waals surface area contributed by atoms with E-state index in [0.717, 1.165) is 28.0 Å². The van der Waals surface area contributed by atoms with Crippen LogP contribution in [0.5, 0.6) is 40.2 Å². The molecule has 1 atom stereocenters. The van der Waals surface area contributed by atoms with Crippen molar-refractivity contribution in [2.45, 2.75) is 19.5 Å². The summed E-state index contributed by atoms with van der Waals surface area (Å²) in [5.41, 5.74) is 6.16. The Morgan fingerprint density at radius 1 is 0.731 bits per heavy atom. The van der Waals surface area contributed by atoms with Gasteiger partial charge in [-0.15, -0.1) is 0 Å². The minimum absolute atomic E-state index is 0.135. The van der Waals surface area contributed by atoms with Crippen LogP contribution in [0, 0.1) is 6.92 Å². The normalized spacial score (nSPS) is 13.3. The third-order valence-corrected chi connectivity index (χ3v) is 8.58. The highest BCUT2D eigenvalue weighted by atomic mass is 16.5. The molecule has 12 heteroatoms. The van der Waals surface area contributed by atoms with Crippen molar-refractivity contribution in [2.24, 2.45) is 0 Å². The molecule has 12 nitrogen and oxygen atoms in total. The van der Waals surface area contributed by atoms with Crippen LogP contribution in [0.4, 0.5) is 5.69 Å². The molecule has 1 amide bonds. The fraction of sp³-hybridized carbons (Fsp3) is 0.250. The van der Waals surface area contributed by atoms with Crippen LogP contribution in [-0.4, -0.2) is 59.8 Å². The van der Waals surface area contributed by atoms with Gasteiger partial charge >= 0.3 is 0 Å². The van der Waals surface area contributed by atoms with E-state index in [1.807, 2.05) is 67.6 Å². The monoisotopic (exact) mass is 707 g/mol. The van der Waals surface area contributed by atoms with Crippen molar-refractivity contribution < 1.29 is 42.5 Å². The second-order valence-corrected chi connectivity index (χ2v) is 12.0. The third kappa shape index (κ3) is 7.55. The van der Waals surface area contributed by atoms with Crippen molar-refractivity contribution in [3.63, 3.8) is 0 Å². The van der Waals surface area contributed by atoms with Gasteiger partial charge in [0.1, 0.15) is 18.5 Å². The fourth-order valence-electron chi connectivity index (χ4n) is 5.80. The molecule has 1 aliphatic heterocycles. The Balaban J connectivity index is 1.06. The lowest BCUT2D eigenvalue weighted by Gasteiger charge is -2.28. The number of benzene rings is 4. The van der Waals surface area contributed by atoms with E-state index in [0.29, 0.717) is 75.9 Å². The minimum atomic E-state index is -0.415. The lowest BCUT2D eigenvalue weighted by atomic mass is 10.0. The number of carbonyl (C=O) groups is 1. The number of amides is 1. The summed E-state index contributed by atoms with van der Waals surface area (Å²) in [6.45, 7) is 6.72. The first-order chi connectivity index (χ1) is 25.2. The van der Waals surface area contributed by atoms with E-state index in [4.69, 9.17) is 37.7 Å². The van der Waals surface area contributed by atoms with Crippen LogP contribution >= 0.6 is 0 Å². The maximum absolute atomic E-state index is 12.8. The zero-order valence-corrected chi connectivity index (χ0v) is 30.0. The molecular formula is C40H41N3O9. The summed E-state index contributed by atoms with van der Waals surface area (Å²) in [7, 11) is 7.83. The number of nitrogens with zero attached hydrogens (tertiary/aromatic N) is 1. The van der Waals surface area contributed by atoms with E-state index in [1.165, 1.54) is 0 Å². The molecule has 0 radical (unpaired) electrons. The van der Waals surface area contributed by atoms with Crippen LogP contribution < -0.4 is 43.8 Å². The van der Waals surface area contributed by atoms with Gasteiger partial charge in [0.2, 0.25) is 5.75 Å². The average Bonchev–Trinajstić information content (AvgIpc) is 3.67. The standard InChI is InChI=1S/C40H41N3O9/c1-23-8-11-29-28(16-23)40(44)42-39(41-29)26-10-13-32(34(18-26)46-4)51-22-24(2)14-15-50-35-17-25(9-12-31(35)45-3)30-21-33(52-43-30)27-19-36(47-5)38(49-7)37(20-27)48-6/h8-13,16-21,39,41H,2,14-15,22H2,1,3-7H3,(H,42,44). The quantitative estimate of drug-likeness (QED) is 0.104. The highest BCUT2D eigenvalue weighted by molar-refractivity contribution is 6.02. The van der Waals surface area contributed by atoms with Gasteiger partial charge in [0.25, 0.3) is 5.91 Å². The zero-order chi connectivity index (χ0) is 36.8. The average molecular weight is 708 g/mol. The summed E-state index contributed by atoms with van der Waals surface area (Å²) in [5.74, 6) is 4.09. The smallest absolute Gasteiger partial charge is 0.255 e. The molecule has 1 unspecified atom stereocenters. The molecule has 2 heterocycles. The number of carbonyl (C=O) groups excluding carboxylic acids is 1. The predicted octanol–water partition coefficient (Wildman–Crippen LogP) is 7.62. The number of hydrogen-bond acceptors (Lipinski definition) is 11. The summed E-state index contributed by atoms with van der Waals surface area (Å²) in [6, 6.07) is 22.3. The molecule has 6 rings (SSSR count). The molecule has 1 aliphatic rings. The highest BCUT2D eigenvalue weighted by Crippen LogP contribution is 2.42. The number of hydrogen-bond donors (Lipinski definition) is 2. The summed E-state index contributed by atoms with van der Waals surface area (Å²) in [4.78, 5) is 12.8. The Morgan fingerprint density at radius 3 is 2.15 bits per heavy atom. The number of methoxy groups -OCH3 is 5. The van der Waals surface area contributed by atoms with E-state index in [9.17, 15) is 4.79 Å². The Kier molecular flexibility index (Phi) is 10.7. The van der Waals surface area contributed by atoms with Gasteiger partial charge in [0, 0.05) is 29.3 Å². The summed E-state index contributed by atoms with van der Waals surface area (Å²) in [6.07, 6.45) is 0.112. The molecule has 0 saturated heterocycles. The van der Waals surface area contributed by atoms with Crippen molar-refractivity contribution in [1.29, 1.82) is 0 Å². The van der Waals surface area contributed by atoms with Crippen LogP contribution in [0.2, 0.25) is 0 Å². The van der Waals surface area contributed by atoms with E-state index in [1.54, 1.807) is 47.7 Å². The molecule has 0 bridgehead atoms. The van der Waals surface area contributed by atoms with E-state index < -0.39 is 6.17 Å². The van der Waals surface area contributed by atoms with E-state index in [-0.39, 0.29) is 12.5 Å². The van der Waals surface area contributed by atoms with Crippen molar-refractivity contribution in [3.8, 4) is 62.8 Å². The van der Waals surface area contributed by atoms with Crippen molar-refractivity contribution in [1.82, 2.24) is 10.5 Å². The Labute approximate surface area is 302 Å². The van der Waals surface area contributed by atoms with Gasteiger partial charge in [-0.1, -0.05) is 29.4 Å². The molecule has 0 fully saturated rings. The van der Waals surface area contributed by atoms with Crippen LogP contribution in [0.25, 0.3) is 22.6 Å². The largest absolute Gasteiger partial charge is 0.493 e. The predicted molar refractivity (Wildman–Crippen MR) is 196 cm³/mol. The van der Waals surface area contributed by atoms with Gasteiger partial charge in [0.05, 0.1) is 47.7 Å². The molecule has 4 aromatic carbocycles. The van der Waals surface area contributed by atoms with Crippen LogP contribution in [-0.2, 0) is 0 Å². The van der Waals surface area contributed by atoms with E-state index >= 15 is 0 Å². The third-order valence-electron chi connectivity index (χ3n) is 8.58. The van der Waals surface area contributed by atoms with Crippen molar-refractivity contribution in [2.75, 3.05) is 54.1 Å². The van der Waals surface area contributed by atoms with Gasteiger partial charge in [-0.2, -0.15) is 0 Å². The molecule has 270 valence electrons.